The molecule has 148 valence electrons. The van der Waals surface area contributed by atoms with Crippen LogP contribution in [-0.4, -0.2) is 45.5 Å². The van der Waals surface area contributed by atoms with Gasteiger partial charge in [-0.05, 0) is 48.5 Å². The molecule has 1 unspecified atom stereocenters. The number of benzene rings is 2. The van der Waals surface area contributed by atoms with E-state index in [2.05, 4.69) is 4.74 Å². The third-order valence-electron chi connectivity index (χ3n) is 3.25. The summed E-state index contributed by atoms with van der Waals surface area (Å²) in [6.45, 7) is -0.103. The molecular weight excluding hydrogens is 389 g/mol. The van der Waals surface area contributed by atoms with Crippen LogP contribution in [0.15, 0.2) is 53.4 Å². The summed E-state index contributed by atoms with van der Waals surface area (Å²) in [5, 5.41) is 9.58. The molecule has 2 aromatic carbocycles. The summed E-state index contributed by atoms with van der Waals surface area (Å²) in [6, 6.07) is 10.2. The largest absolute Gasteiger partial charge is 0.573 e. The second kappa shape index (κ2) is 8.59. The molecule has 2 rings (SSSR count). The van der Waals surface area contributed by atoms with Crippen LogP contribution in [0.25, 0.3) is 0 Å². The Morgan fingerprint density at radius 3 is 1.93 bits per heavy atom. The maximum atomic E-state index is 12.2. The molecule has 10 heteroatoms. The molecule has 27 heavy (non-hydrogen) atoms. The first-order chi connectivity index (χ1) is 12.6. The number of halogens is 3. The van der Waals surface area contributed by atoms with Crippen molar-refractivity contribution in [1.82, 2.24) is 0 Å². The third-order valence-corrected chi connectivity index (χ3v) is 5.06. The Bertz CT molecular complexity index is 832. The Hall–Kier alpha value is -2.30. The van der Waals surface area contributed by atoms with Crippen molar-refractivity contribution in [3.05, 3.63) is 48.5 Å². The highest BCUT2D eigenvalue weighted by Crippen LogP contribution is 2.28. The first kappa shape index (κ1) is 21.0. The topological polar surface area (TPSA) is 82.1 Å². The van der Waals surface area contributed by atoms with Crippen LogP contribution in [0.5, 0.6) is 17.2 Å². The van der Waals surface area contributed by atoms with E-state index in [4.69, 9.17) is 9.47 Å². The number of methoxy groups -OCH3 is 1. The number of ether oxygens (including phenoxy) is 3. The Morgan fingerprint density at radius 1 is 0.963 bits per heavy atom. The minimum Gasteiger partial charge on any atom is -0.457 e. The van der Waals surface area contributed by atoms with E-state index in [-0.39, 0.29) is 28.8 Å². The maximum absolute atomic E-state index is 12.2. The van der Waals surface area contributed by atoms with Crippen molar-refractivity contribution < 1.29 is 40.9 Å². The molecule has 6 nitrogen and oxygen atoms in total. The van der Waals surface area contributed by atoms with E-state index in [1.54, 1.807) is 0 Å². The second-order valence-corrected chi connectivity index (χ2v) is 7.52. The minimum atomic E-state index is -4.78. The van der Waals surface area contributed by atoms with Gasteiger partial charge in [-0.3, -0.25) is 0 Å². The Balaban J connectivity index is 2.03. The molecule has 0 saturated heterocycles. The standard InChI is InChI=1S/C17H17F3O6S/c1-24-10-12(21)11-27(22,23)16-8-6-14(7-9-16)25-13-2-4-15(5-3-13)26-17(18,19)20/h2-9,12,21H,10-11H2,1H3. The fourth-order valence-corrected chi connectivity index (χ4v) is 3.50. The highest BCUT2D eigenvalue weighted by atomic mass is 32.2. The summed E-state index contributed by atoms with van der Waals surface area (Å²) in [5.74, 6) is -0.334. The zero-order chi connectivity index (χ0) is 20.1. The lowest BCUT2D eigenvalue weighted by molar-refractivity contribution is -0.274. The number of rotatable bonds is 8. The molecule has 0 aromatic heterocycles. The SMILES string of the molecule is COCC(O)CS(=O)(=O)c1ccc(Oc2ccc(OC(F)(F)F)cc2)cc1. The van der Waals surface area contributed by atoms with Crippen molar-refractivity contribution in [2.45, 2.75) is 17.4 Å². The lowest BCUT2D eigenvalue weighted by atomic mass is 10.3. The van der Waals surface area contributed by atoms with Crippen LogP contribution in [-0.2, 0) is 14.6 Å². The predicted octanol–water partition coefficient (Wildman–Crippen LogP) is 3.16. The molecule has 0 aliphatic carbocycles. The fraction of sp³-hybridized carbons (Fsp3) is 0.294. The van der Waals surface area contributed by atoms with Crippen LogP contribution in [0.4, 0.5) is 13.2 Å². The molecule has 0 fully saturated rings. The normalized spacial score (nSPS) is 13.2. The predicted molar refractivity (Wildman–Crippen MR) is 89.6 cm³/mol. The number of aliphatic hydroxyl groups excluding tert-OH is 1. The van der Waals surface area contributed by atoms with E-state index >= 15 is 0 Å². The smallest absolute Gasteiger partial charge is 0.457 e. The van der Waals surface area contributed by atoms with Gasteiger partial charge in [0.2, 0.25) is 0 Å². The Kier molecular flexibility index (Phi) is 6.68. The highest BCUT2D eigenvalue weighted by Gasteiger charge is 2.31. The summed E-state index contributed by atoms with van der Waals surface area (Å²) in [6.07, 6.45) is -5.92. The molecule has 2 aromatic rings. The van der Waals surface area contributed by atoms with Gasteiger partial charge in [-0.2, -0.15) is 0 Å². The fourth-order valence-electron chi connectivity index (χ4n) is 2.15. The summed E-state index contributed by atoms with van der Waals surface area (Å²) in [4.78, 5) is -0.000992. The highest BCUT2D eigenvalue weighted by molar-refractivity contribution is 7.91. The molecule has 0 saturated carbocycles. The maximum Gasteiger partial charge on any atom is 0.573 e. The van der Waals surface area contributed by atoms with Crippen molar-refractivity contribution in [1.29, 1.82) is 0 Å². The minimum absolute atomic E-state index is 0.000992. The summed E-state index contributed by atoms with van der Waals surface area (Å²) in [7, 11) is -2.35. The monoisotopic (exact) mass is 406 g/mol. The molecule has 0 aliphatic rings. The first-order valence-corrected chi connectivity index (χ1v) is 9.28. The van der Waals surface area contributed by atoms with E-state index in [0.29, 0.717) is 0 Å². The van der Waals surface area contributed by atoms with E-state index in [1.807, 2.05) is 0 Å². The second-order valence-electron chi connectivity index (χ2n) is 5.48. The van der Waals surface area contributed by atoms with Crippen molar-refractivity contribution >= 4 is 9.84 Å². The van der Waals surface area contributed by atoms with E-state index < -0.39 is 28.1 Å². The summed E-state index contributed by atoms with van der Waals surface area (Å²) >= 11 is 0. The van der Waals surface area contributed by atoms with Gasteiger partial charge in [-0.25, -0.2) is 8.42 Å². The average molecular weight is 406 g/mol. The van der Waals surface area contributed by atoms with Gasteiger partial charge in [0, 0.05) is 7.11 Å². The van der Waals surface area contributed by atoms with Gasteiger partial charge >= 0.3 is 6.36 Å². The summed E-state index contributed by atoms with van der Waals surface area (Å²) < 4.78 is 74.6. The third kappa shape index (κ3) is 6.74. The van der Waals surface area contributed by atoms with Gasteiger partial charge in [0.25, 0.3) is 0 Å². The molecule has 0 radical (unpaired) electrons. The van der Waals surface area contributed by atoms with Crippen LogP contribution in [0, 0.1) is 0 Å². The van der Waals surface area contributed by atoms with Gasteiger partial charge < -0.3 is 19.3 Å². The van der Waals surface area contributed by atoms with Crippen molar-refractivity contribution in [3.63, 3.8) is 0 Å². The van der Waals surface area contributed by atoms with Gasteiger partial charge in [0.15, 0.2) is 9.84 Å². The number of sulfone groups is 1. The average Bonchev–Trinajstić information content (AvgIpc) is 2.55. The van der Waals surface area contributed by atoms with Crippen LogP contribution < -0.4 is 9.47 Å². The van der Waals surface area contributed by atoms with Crippen LogP contribution in [0.3, 0.4) is 0 Å². The Labute approximate surface area is 154 Å². The van der Waals surface area contributed by atoms with E-state index in [9.17, 15) is 26.7 Å². The van der Waals surface area contributed by atoms with Crippen LogP contribution in [0.1, 0.15) is 0 Å². The zero-order valence-corrected chi connectivity index (χ0v) is 15.0. The number of alkyl halides is 3. The molecule has 0 spiro atoms. The number of aliphatic hydroxyl groups is 1. The zero-order valence-electron chi connectivity index (χ0n) is 14.1. The lowest BCUT2D eigenvalue weighted by Gasteiger charge is -2.11. The molecule has 0 bridgehead atoms. The van der Waals surface area contributed by atoms with E-state index in [1.165, 1.54) is 43.5 Å². The first-order valence-electron chi connectivity index (χ1n) is 7.62. The number of hydrogen-bond acceptors (Lipinski definition) is 6. The van der Waals surface area contributed by atoms with E-state index in [0.717, 1.165) is 12.1 Å². The summed E-state index contributed by atoms with van der Waals surface area (Å²) in [5.41, 5.74) is 0. The quantitative estimate of drug-likeness (QED) is 0.725. The lowest BCUT2D eigenvalue weighted by Crippen LogP contribution is -2.25. The molecule has 0 aliphatic heterocycles. The molecule has 0 heterocycles. The molecule has 0 amide bonds. The van der Waals surface area contributed by atoms with Crippen molar-refractivity contribution in [3.8, 4) is 17.2 Å². The van der Waals surface area contributed by atoms with Crippen LogP contribution in [0.2, 0.25) is 0 Å². The molecular formula is C17H17F3O6S. The number of hydrogen-bond donors (Lipinski definition) is 1. The van der Waals surface area contributed by atoms with Crippen molar-refractivity contribution in [2.75, 3.05) is 19.5 Å². The van der Waals surface area contributed by atoms with Gasteiger partial charge in [0.1, 0.15) is 17.2 Å². The molecule has 1 atom stereocenters. The van der Waals surface area contributed by atoms with Gasteiger partial charge in [0.05, 0.1) is 23.4 Å². The van der Waals surface area contributed by atoms with Gasteiger partial charge in [-0.1, -0.05) is 0 Å². The Morgan fingerprint density at radius 2 is 1.44 bits per heavy atom. The van der Waals surface area contributed by atoms with Crippen molar-refractivity contribution in [2.24, 2.45) is 0 Å². The molecule has 1 N–H and O–H groups in total. The van der Waals surface area contributed by atoms with Gasteiger partial charge in [-0.15, -0.1) is 13.2 Å². The van der Waals surface area contributed by atoms with Crippen LogP contribution >= 0.6 is 0 Å².